The van der Waals surface area contributed by atoms with E-state index in [1.165, 1.54) is 6.07 Å². The van der Waals surface area contributed by atoms with Gasteiger partial charge in [0.15, 0.2) is 6.61 Å². The molecule has 2 atom stereocenters. The number of carbonyl (C=O) groups excluding carboxylic acids is 4. The Kier molecular flexibility index (Phi) is 6.18. The van der Waals surface area contributed by atoms with Crippen molar-refractivity contribution in [1.82, 2.24) is 10.2 Å². The largest absolute Gasteiger partial charge is 0.456 e. The van der Waals surface area contributed by atoms with Crippen LogP contribution in [0.3, 0.4) is 0 Å². The van der Waals surface area contributed by atoms with E-state index in [0.717, 1.165) is 4.90 Å². The fourth-order valence-electron chi connectivity index (χ4n) is 3.40. The topological polar surface area (TPSA) is 92.8 Å². The van der Waals surface area contributed by atoms with Gasteiger partial charge in [0.1, 0.15) is 5.82 Å². The van der Waals surface area contributed by atoms with E-state index in [4.69, 9.17) is 4.74 Å². The highest BCUT2D eigenvalue weighted by molar-refractivity contribution is 6.05. The number of imide groups is 1. The van der Waals surface area contributed by atoms with E-state index in [1.807, 2.05) is 12.2 Å². The fourth-order valence-corrected chi connectivity index (χ4v) is 3.40. The summed E-state index contributed by atoms with van der Waals surface area (Å²) in [7, 11) is 0. The summed E-state index contributed by atoms with van der Waals surface area (Å²) in [5, 5.41) is 2.46. The lowest BCUT2D eigenvalue weighted by Gasteiger charge is -2.14. The zero-order chi connectivity index (χ0) is 20.1. The van der Waals surface area contributed by atoms with Crippen LogP contribution in [0.25, 0.3) is 0 Å². The van der Waals surface area contributed by atoms with Crippen molar-refractivity contribution in [3.8, 4) is 0 Å². The third-order valence-corrected chi connectivity index (χ3v) is 4.94. The number of benzene rings is 1. The number of nitrogens with zero attached hydrogens (tertiary/aromatic N) is 1. The highest BCUT2D eigenvalue weighted by Gasteiger charge is 2.46. The quantitative estimate of drug-likeness (QED) is 0.432. The standard InChI is InChI=1S/C20H21FN2O5/c21-16-8-4-1-5-13(16)11-22-17(24)12-28-18(25)9-10-23-19(26)14-6-2-3-7-15(14)20(23)27/h1-5,8,14-15H,6-7,9-12H2,(H,22,24)/t14-,15+. The summed E-state index contributed by atoms with van der Waals surface area (Å²) in [5.41, 5.74) is 0.323. The predicted molar refractivity (Wildman–Crippen MR) is 95.9 cm³/mol. The zero-order valence-corrected chi connectivity index (χ0v) is 15.2. The Bertz CT molecular complexity index is 797. The number of allylic oxidation sites excluding steroid dienone is 2. The number of ether oxygens (including phenoxy) is 1. The maximum absolute atomic E-state index is 13.5. The van der Waals surface area contributed by atoms with Crippen molar-refractivity contribution in [3.05, 3.63) is 47.8 Å². The number of esters is 1. The van der Waals surface area contributed by atoms with Crippen molar-refractivity contribution in [2.45, 2.75) is 25.8 Å². The highest BCUT2D eigenvalue weighted by atomic mass is 19.1. The zero-order valence-electron chi connectivity index (χ0n) is 15.2. The maximum atomic E-state index is 13.5. The van der Waals surface area contributed by atoms with Gasteiger partial charge in [-0.3, -0.25) is 24.1 Å². The van der Waals surface area contributed by atoms with Crippen LogP contribution in [0.5, 0.6) is 0 Å². The van der Waals surface area contributed by atoms with E-state index in [1.54, 1.807) is 18.2 Å². The smallest absolute Gasteiger partial charge is 0.308 e. The number of nitrogens with one attached hydrogen (secondary N) is 1. The van der Waals surface area contributed by atoms with Crippen LogP contribution >= 0.6 is 0 Å². The summed E-state index contributed by atoms with van der Waals surface area (Å²) in [6, 6.07) is 6.02. The molecule has 1 aromatic rings. The van der Waals surface area contributed by atoms with Gasteiger partial charge in [-0.15, -0.1) is 0 Å². The molecule has 1 fully saturated rings. The molecule has 0 unspecified atom stereocenters. The lowest BCUT2D eigenvalue weighted by atomic mass is 9.85. The van der Waals surface area contributed by atoms with Gasteiger partial charge in [0, 0.05) is 18.7 Å². The molecule has 3 rings (SSSR count). The second-order valence-electron chi connectivity index (χ2n) is 6.76. The predicted octanol–water partition coefficient (Wildman–Crippen LogP) is 1.33. The third-order valence-electron chi connectivity index (χ3n) is 4.94. The lowest BCUT2D eigenvalue weighted by molar-refractivity contribution is -0.150. The Labute approximate surface area is 161 Å². The minimum Gasteiger partial charge on any atom is -0.456 e. The summed E-state index contributed by atoms with van der Waals surface area (Å²) in [5.74, 6) is -2.87. The number of halogens is 1. The molecule has 1 heterocycles. The van der Waals surface area contributed by atoms with E-state index in [-0.39, 0.29) is 43.2 Å². The number of rotatable bonds is 7. The van der Waals surface area contributed by atoms with E-state index < -0.39 is 24.3 Å². The van der Waals surface area contributed by atoms with Crippen LogP contribution in [0.15, 0.2) is 36.4 Å². The summed E-state index contributed by atoms with van der Waals surface area (Å²) in [4.78, 5) is 49.3. The van der Waals surface area contributed by atoms with Crippen molar-refractivity contribution in [3.63, 3.8) is 0 Å². The van der Waals surface area contributed by atoms with Crippen LogP contribution in [0, 0.1) is 17.7 Å². The Hall–Kier alpha value is -3.03. The molecule has 0 aromatic heterocycles. The molecule has 1 aliphatic carbocycles. The molecule has 1 saturated heterocycles. The molecule has 7 nitrogen and oxygen atoms in total. The Morgan fingerprint density at radius 1 is 1.11 bits per heavy atom. The molecule has 1 aliphatic heterocycles. The van der Waals surface area contributed by atoms with Crippen molar-refractivity contribution >= 4 is 23.7 Å². The monoisotopic (exact) mass is 388 g/mol. The Balaban J connectivity index is 1.39. The number of fused-ring (bicyclic) bond motifs is 1. The van der Waals surface area contributed by atoms with E-state index in [2.05, 4.69) is 5.32 Å². The molecule has 0 bridgehead atoms. The molecule has 2 aliphatic rings. The van der Waals surface area contributed by atoms with Gasteiger partial charge in [-0.05, 0) is 18.9 Å². The van der Waals surface area contributed by atoms with E-state index >= 15 is 0 Å². The van der Waals surface area contributed by atoms with Crippen molar-refractivity contribution < 1.29 is 28.3 Å². The fraction of sp³-hybridized carbons (Fsp3) is 0.400. The molecule has 28 heavy (non-hydrogen) atoms. The first-order chi connectivity index (χ1) is 13.5. The minimum atomic E-state index is -0.686. The first kappa shape index (κ1) is 19.7. The molecule has 0 saturated carbocycles. The van der Waals surface area contributed by atoms with Gasteiger partial charge < -0.3 is 10.1 Å². The number of carbonyl (C=O) groups is 4. The summed E-state index contributed by atoms with van der Waals surface area (Å²) in [6.45, 7) is -0.582. The minimum absolute atomic E-state index is 0.0172. The van der Waals surface area contributed by atoms with Gasteiger partial charge in [0.2, 0.25) is 11.8 Å². The number of hydrogen-bond acceptors (Lipinski definition) is 5. The number of amides is 3. The second kappa shape index (κ2) is 8.77. The van der Waals surface area contributed by atoms with Gasteiger partial charge in [-0.1, -0.05) is 30.4 Å². The summed E-state index contributed by atoms with van der Waals surface area (Å²) in [6.07, 6.45) is 4.69. The van der Waals surface area contributed by atoms with E-state index in [0.29, 0.717) is 18.4 Å². The number of likely N-dealkylation sites (tertiary alicyclic amines) is 1. The maximum Gasteiger partial charge on any atom is 0.308 e. The molecule has 148 valence electrons. The van der Waals surface area contributed by atoms with Crippen LogP contribution in [0.1, 0.15) is 24.8 Å². The van der Waals surface area contributed by atoms with Crippen molar-refractivity contribution in [2.24, 2.45) is 11.8 Å². The normalized spacial score (nSPS) is 20.8. The number of hydrogen-bond donors (Lipinski definition) is 1. The van der Waals surface area contributed by atoms with Gasteiger partial charge in [0.05, 0.1) is 18.3 Å². The van der Waals surface area contributed by atoms with Crippen molar-refractivity contribution in [1.29, 1.82) is 0 Å². The summed E-state index contributed by atoms with van der Waals surface area (Å²) >= 11 is 0. The Morgan fingerprint density at radius 3 is 2.39 bits per heavy atom. The Morgan fingerprint density at radius 2 is 1.75 bits per heavy atom. The lowest BCUT2D eigenvalue weighted by Crippen LogP contribution is -2.34. The van der Waals surface area contributed by atoms with Gasteiger partial charge in [0.25, 0.3) is 5.91 Å². The highest BCUT2D eigenvalue weighted by Crippen LogP contribution is 2.34. The molecule has 3 amide bonds. The average molecular weight is 388 g/mol. The van der Waals surface area contributed by atoms with Crippen LogP contribution in [-0.4, -0.2) is 41.7 Å². The van der Waals surface area contributed by atoms with Gasteiger partial charge in [-0.2, -0.15) is 0 Å². The van der Waals surface area contributed by atoms with Gasteiger partial charge >= 0.3 is 5.97 Å². The van der Waals surface area contributed by atoms with Crippen LogP contribution in [0.4, 0.5) is 4.39 Å². The average Bonchev–Trinajstić information content (AvgIpc) is 2.94. The first-order valence-electron chi connectivity index (χ1n) is 9.13. The van der Waals surface area contributed by atoms with Crippen LogP contribution in [-0.2, 0) is 30.5 Å². The van der Waals surface area contributed by atoms with Crippen LogP contribution < -0.4 is 5.32 Å². The van der Waals surface area contributed by atoms with Gasteiger partial charge in [-0.25, -0.2) is 4.39 Å². The molecular weight excluding hydrogens is 367 g/mol. The molecule has 0 spiro atoms. The molecule has 1 aromatic carbocycles. The van der Waals surface area contributed by atoms with E-state index in [9.17, 15) is 23.6 Å². The SMILES string of the molecule is O=C(COC(=O)CCN1C(=O)[C@H]2CC=CC[C@H]2C1=O)NCc1ccccc1F. The van der Waals surface area contributed by atoms with Crippen molar-refractivity contribution in [2.75, 3.05) is 13.2 Å². The summed E-state index contributed by atoms with van der Waals surface area (Å²) < 4.78 is 18.3. The second-order valence-corrected chi connectivity index (χ2v) is 6.76. The molecule has 0 radical (unpaired) electrons. The molecule has 1 N–H and O–H groups in total. The molecule has 8 heteroatoms. The first-order valence-corrected chi connectivity index (χ1v) is 9.13. The van der Waals surface area contributed by atoms with Crippen LogP contribution in [0.2, 0.25) is 0 Å². The third kappa shape index (κ3) is 4.44. The molecular formula is C20H21FN2O5.